The number of carbonyl (C=O) groups is 1. The van der Waals surface area contributed by atoms with Gasteiger partial charge in [0.1, 0.15) is 0 Å². The number of hydrogen-bond acceptors (Lipinski definition) is 5. The zero-order valence-electron chi connectivity index (χ0n) is 18.2. The molecule has 0 unspecified atom stereocenters. The Morgan fingerprint density at radius 1 is 1.27 bits per heavy atom. The summed E-state index contributed by atoms with van der Waals surface area (Å²) in [6, 6.07) is 9.18. The maximum atomic E-state index is 12.6. The molecule has 0 saturated carbocycles. The molecule has 30 heavy (non-hydrogen) atoms. The Hall–Kier alpha value is -1.67. The van der Waals surface area contributed by atoms with Gasteiger partial charge in [0.05, 0.1) is 11.7 Å². The van der Waals surface area contributed by atoms with E-state index in [4.69, 9.17) is 0 Å². The maximum absolute atomic E-state index is 12.6. The maximum Gasteiger partial charge on any atom is 0.274 e. The first-order valence-corrected chi connectivity index (χ1v) is 10.1. The summed E-state index contributed by atoms with van der Waals surface area (Å²) in [6.07, 6.45) is 2.03. The number of carbonyl (C=O) groups excluding carboxylic acids is 1. The topological polar surface area (TPSA) is 75.1 Å². The summed E-state index contributed by atoms with van der Waals surface area (Å²) < 4.78 is 1.91. The molecule has 1 aliphatic heterocycles. The van der Waals surface area contributed by atoms with E-state index in [-0.39, 0.29) is 30.7 Å². The lowest BCUT2D eigenvalue weighted by atomic mass is 10.1. The molecule has 0 bridgehead atoms. The summed E-state index contributed by atoms with van der Waals surface area (Å²) >= 11 is 0. The van der Waals surface area contributed by atoms with Gasteiger partial charge in [0.25, 0.3) is 5.91 Å². The van der Waals surface area contributed by atoms with Crippen LogP contribution in [0, 0.1) is 6.92 Å². The van der Waals surface area contributed by atoms with Crippen LogP contribution >= 0.6 is 24.8 Å². The third-order valence-electron chi connectivity index (χ3n) is 5.56. The minimum Gasteiger partial charge on any atom is -0.347 e. The fraction of sp³-hybridized carbons (Fsp3) is 0.571. The summed E-state index contributed by atoms with van der Waals surface area (Å²) in [4.78, 5) is 14.9. The van der Waals surface area contributed by atoms with Crippen molar-refractivity contribution < 1.29 is 4.79 Å². The quantitative estimate of drug-likeness (QED) is 0.669. The number of amides is 1. The van der Waals surface area contributed by atoms with E-state index in [1.807, 2.05) is 23.7 Å². The van der Waals surface area contributed by atoms with Crippen LogP contribution in [0.4, 0.5) is 0 Å². The van der Waals surface area contributed by atoms with Crippen LogP contribution in [0.1, 0.15) is 60.0 Å². The number of nitrogens with one attached hydrogen (secondary N) is 2. The Bertz CT molecular complexity index is 805. The van der Waals surface area contributed by atoms with Crippen molar-refractivity contribution in [3.05, 3.63) is 46.8 Å². The number of aromatic nitrogens is 3. The number of halogens is 2. The molecule has 0 atom stereocenters. The normalized spacial score (nSPS) is 14.3. The van der Waals surface area contributed by atoms with E-state index in [0.29, 0.717) is 24.3 Å². The van der Waals surface area contributed by atoms with Crippen molar-refractivity contribution in [1.29, 1.82) is 0 Å². The minimum atomic E-state index is -0.164. The van der Waals surface area contributed by atoms with Gasteiger partial charge in [-0.25, -0.2) is 4.68 Å². The molecule has 1 aromatic heterocycles. The van der Waals surface area contributed by atoms with Gasteiger partial charge in [0.2, 0.25) is 0 Å². The lowest BCUT2D eigenvalue weighted by Crippen LogP contribution is -2.30. The van der Waals surface area contributed by atoms with Crippen LogP contribution < -0.4 is 10.6 Å². The second kappa shape index (κ2) is 12.2. The molecule has 1 amide bonds. The first-order chi connectivity index (χ1) is 13.5. The van der Waals surface area contributed by atoms with Gasteiger partial charge in [-0.3, -0.25) is 9.69 Å². The van der Waals surface area contributed by atoms with E-state index in [1.54, 1.807) is 0 Å². The Morgan fingerprint density at radius 2 is 1.93 bits per heavy atom. The number of hydrogen-bond donors (Lipinski definition) is 2. The van der Waals surface area contributed by atoms with Crippen molar-refractivity contribution in [3.8, 4) is 0 Å². The average molecular weight is 457 g/mol. The molecule has 0 radical (unpaired) electrons. The zero-order chi connectivity index (χ0) is 20.1. The third kappa shape index (κ3) is 6.67. The minimum absolute atomic E-state index is 0. The number of piperidine rings is 1. The van der Waals surface area contributed by atoms with Crippen molar-refractivity contribution >= 4 is 30.7 Å². The van der Waals surface area contributed by atoms with Gasteiger partial charge in [0.15, 0.2) is 5.69 Å². The predicted octanol–water partition coefficient (Wildman–Crippen LogP) is 3.12. The van der Waals surface area contributed by atoms with Crippen LogP contribution in [0.25, 0.3) is 0 Å². The van der Waals surface area contributed by atoms with E-state index in [9.17, 15) is 4.79 Å². The van der Waals surface area contributed by atoms with Crippen molar-refractivity contribution in [1.82, 2.24) is 30.5 Å². The molecule has 2 aromatic rings. The Balaban J connectivity index is 0.00000225. The number of nitrogens with zero attached hydrogens (tertiary/aromatic N) is 4. The lowest BCUT2D eigenvalue weighted by molar-refractivity contribution is 0.0945. The summed E-state index contributed by atoms with van der Waals surface area (Å²) in [6.45, 7) is 9.63. The first kappa shape index (κ1) is 26.4. The van der Waals surface area contributed by atoms with Gasteiger partial charge in [-0.2, -0.15) is 0 Å². The van der Waals surface area contributed by atoms with Crippen molar-refractivity contribution in [2.75, 3.05) is 20.1 Å². The van der Waals surface area contributed by atoms with Crippen LogP contribution in [-0.2, 0) is 13.1 Å². The largest absolute Gasteiger partial charge is 0.347 e. The molecule has 9 heteroatoms. The standard InChI is InChI=1S/C21H32N6O.2ClH/c1-15(2)26(4)14-18-7-5-6-17(12-18)13-23-21(28)20-16(3)27(25-24-20)19-8-10-22-11-9-19;;/h5-7,12,15,19,22H,8-11,13-14H2,1-4H3,(H,23,28);2*1H. The second-order valence-electron chi connectivity index (χ2n) is 7.96. The summed E-state index contributed by atoms with van der Waals surface area (Å²) in [7, 11) is 2.12. The number of rotatable bonds is 7. The van der Waals surface area contributed by atoms with Crippen LogP contribution in [0.15, 0.2) is 24.3 Å². The third-order valence-corrected chi connectivity index (χ3v) is 5.56. The van der Waals surface area contributed by atoms with E-state index in [1.165, 1.54) is 5.56 Å². The Morgan fingerprint density at radius 3 is 2.60 bits per heavy atom. The smallest absolute Gasteiger partial charge is 0.274 e. The first-order valence-electron chi connectivity index (χ1n) is 10.1. The van der Waals surface area contributed by atoms with Crippen LogP contribution in [0.2, 0.25) is 0 Å². The van der Waals surface area contributed by atoms with Crippen molar-refractivity contribution in [2.45, 2.75) is 58.8 Å². The lowest BCUT2D eigenvalue weighted by Gasteiger charge is -2.23. The van der Waals surface area contributed by atoms with E-state index in [2.05, 4.69) is 58.9 Å². The molecular weight excluding hydrogens is 423 g/mol. The summed E-state index contributed by atoms with van der Waals surface area (Å²) in [5.74, 6) is -0.164. The molecule has 2 heterocycles. The molecule has 1 saturated heterocycles. The van der Waals surface area contributed by atoms with Gasteiger partial charge in [-0.15, -0.1) is 29.9 Å². The predicted molar refractivity (Wildman–Crippen MR) is 125 cm³/mol. The van der Waals surface area contributed by atoms with Crippen LogP contribution in [0.5, 0.6) is 0 Å². The molecule has 2 N–H and O–H groups in total. The molecular formula is C21H34Cl2N6O. The highest BCUT2D eigenvalue weighted by Gasteiger charge is 2.22. The van der Waals surface area contributed by atoms with Crippen LogP contribution in [0.3, 0.4) is 0 Å². The molecule has 0 spiro atoms. The molecule has 3 rings (SSSR count). The highest BCUT2D eigenvalue weighted by molar-refractivity contribution is 5.93. The highest BCUT2D eigenvalue weighted by atomic mass is 35.5. The number of benzene rings is 1. The van der Waals surface area contributed by atoms with Gasteiger partial charge in [0, 0.05) is 19.1 Å². The van der Waals surface area contributed by atoms with Crippen LogP contribution in [-0.4, -0.2) is 52.0 Å². The monoisotopic (exact) mass is 456 g/mol. The molecule has 1 aromatic carbocycles. The summed E-state index contributed by atoms with van der Waals surface area (Å²) in [5.41, 5.74) is 3.60. The van der Waals surface area contributed by atoms with Crippen molar-refractivity contribution in [2.24, 2.45) is 0 Å². The van der Waals surface area contributed by atoms with Gasteiger partial charge >= 0.3 is 0 Å². The fourth-order valence-corrected chi connectivity index (χ4v) is 3.52. The van der Waals surface area contributed by atoms with Gasteiger partial charge in [-0.1, -0.05) is 29.5 Å². The summed E-state index contributed by atoms with van der Waals surface area (Å²) in [5, 5.41) is 14.7. The molecule has 168 valence electrons. The van der Waals surface area contributed by atoms with E-state index < -0.39 is 0 Å². The Kier molecular flexibility index (Phi) is 10.8. The van der Waals surface area contributed by atoms with E-state index in [0.717, 1.165) is 43.7 Å². The van der Waals surface area contributed by atoms with Gasteiger partial charge in [-0.05, 0) is 64.9 Å². The van der Waals surface area contributed by atoms with Crippen molar-refractivity contribution in [3.63, 3.8) is 0 Å². The van der Waals surface area contributed by atoms with E-state index >= 15 is 0 Å². The average Bonchev–Trinajstić information content (AvgIpc) is 3.08. The molecule has 7 nitrogen and oxygen atoms in total. The molecule has 1 fully saturated rings. The fourth-order valence-electron chi connectivity index (χ4n) is 3.52. The molecule has 1 aliphatic rings. The Labute approximate surface area is 191 Å². The zero-order valence-corrected chi connectivity index (χ0v) is 19.9. The molecule has 0 aliphatic carbocycles. The SMILES string of the molecule is Cc1c(C(=O)NCc2cccc(CN(C)C(C)C)c2)nnn1C1CCNCC1.Cl.Cl. The second-order valence-corrected chi connectivity index (χ2v) is 7.96. The van der Waals surface area contributed by atoms with Gasteiger partial charge < -0.3 is 10.6 Å². The highest BCUT2D eigenvalue weighted by Crippen LogP contribution is 2.20.